The maximum Gasteiger partial charge on any atom is 0.0600 e. The van der Waals surface area contributed by atoms with Crippen molar-refractivity contribution < 1.29 is 0 Å². The summed E-state index contributed by atoms with van der Waals surface area (Å²) < 4.78 is 0. The number of hydrogen-bond acceptors (Lipinski definition) is 3. The van der Waals surface area contributed by atoms with Crippen molar-refractivity contribution in [2.75, 3.05) is 18.0 Å². The monoisotopic (exact) mass is 249 g/mol. The van der Waals surface area contributed by atoms with E-state index in [1.165, 1.54) is 17.7 Å². The number of nitrogens with zero attached hydrogens (tertiary/aromatic N) is 2. The highest BCUT2D eigenvalue weighted by molar-refractivity contribution is 5.52. The predicted octanol–water partition coefficient (Wildman–Crippen LogP) is 3.21. The minimum Gasteiger partial charge on any atom is -0.368 e. The lowest BCUT2D eigenvalue weighted by molar-refractivity contribution is 0.647. The third-order valence-corrected chi connectivity index (χ3v) is 3.03. The van der Waals surface area contributed by atoms with Crippen molar-refractivity contribution in [2.24, 2.45) is 0 Å². The summed E-state index contributed by atoms with van der Waals surface area (Å²) in [6.45, 7) is 12.0. The van der Waals surface area contributed by atoms with Gasteiger partial charge in [0.1, 0.15) is 0 Å². The molecule has 1 aromatic rings. The largest absolute Gasteiger partial charge is 0.368 e. The van der Waals surface area contributed by atoms with Gasteiger partial charge in [0.05, 0.1) is 11.9 Å². The molecule has 3 nitrogen and oxygen atoms in total. The van der Waals surface area contributed by atoms with Crippen LogP contribution in [0.1, 0.15) is 46.1 Å². The second kappa shape index (κ2) is 8.09. The predicted molar refractivity (Wildman–Crippen MR) is 79.0 cm³/mol. The van der Waals surface area contributed by atoms with Crippen LogP contribution in [0, 0.1) is 0 Å². The van der Waals surface area contributed by atoms with Gasteiger partial charge >= 0.3 is 0 Å². The maximum absolute atomic E-state index is 4.29. The molecule has 18 heavy (non-hydrogen) atoms. The van der Waals surface area contributed by atoms with Crippen molar-refractivity contribution in [3.8, 4) is 0 Å². The highest BCUT2D eigenvalue weighted by Crippen LogP contribution is 2.21. The highest BCUT2D eigenvalue weighted by atomic mass is 15.2. The lowest BCUT2D eigenvalue weighted by atomic mass is 10.1. The average Bonchev–Trinajstić information content (AvgIpc) is 2.37. The summed E-state index contributed by atoms with van der Waals surface area (Å²) in [6.07, 6.45) is 6.22. The fourth-order valence-corrected chi connectivity index (χ4v) is 2.12. The Balaban J connectivity index is 2.84. The van der Waals surface area contributed by atoms with Crippen LogP contribution in [0.3, 0.4) is 0 Å². The number of anilines is 1. The number of pyridine rings is 1. The lowest BCUT2D eigenvalue weighted by Crippen LogP contribution is -2.33. The lowest BCUT2D eigenvalue weighted by Gasteiger charge is -2.30. The minimum absolute atomic E-state index is 0.513. The summed E-state index contributed by atoms with van der Waals surface area (Å²) in [5.74, 6) is 0. The van der Waals surface area contributed by atoms with Gasteiger partial charge in [0.15, 0.2) is 0 Å². The molecular weight excluding hydrogens is 222 g/mol. The molecule has 0 aliphatic rings. The van der Waals surface area contributed by atoms with Crippen LogP contribution in [0.2, 0.25) is 0 Å². The first-order valence-corrected chi connectivity index (χ1v) is 7.10. The van der Waals surface area contributed by atoms with E-state index in [1.807, 2.05) is 12.4 Å². The van der Waals surface area contributed by atoms with Crippen LogP contribution in [0.5, 0.6) is 0 Å². The molecule has 0 bridgehead atoms. The molecule has 0 saturated carbocycles. The second-order valence-corrected chi connectivity index (χ2v) is 4.97. The van der Waals surface area contributed by atoms with Crippen molar-refractivity contribution in [2.45, 2.75) is 53.1 Å². The van der Waals surface area contributed by atoms with Crippen LogP contribution in [0.25, 0.3) is 0 Å². The first-order valence-electron chi connectivity index (χ1n) is 7.10. The molecule has 0 amide bonds. The van der Waals surface area contributed by atoms with E-state index in [0.29, 0.717) is 6.04 Å². The Morgan fingerprint density at radius 2 is 2.06 bits per heavy atom. The minimum atomic E-state index is 0.513. The van der Waals surface area contributed by atoms with E-state index < -0.39 is 0 Å². The number of rotatable bonds is 8. The van der Waals surface area contributed by atoms with E-state index in [9.17, 15) is 0 Å². The van der Waals surface area contributed by atoms with Crippen LogP contribution in [0.15, 0.2) is 18.5 Å². The molecule has 0 aromatic carbocycles. The molecule has 0 spiro atoms. The van der Waals surface area contributed by atoms with Gasteiger partial charge < -0.3 is 10.2 Å². The molecule has 1 aromatic heterocycles. The third-order valence-electron chi connectivity index (χ3n) is 3.03. The van der Waals surface area contributed by atoms with Crippen molar-refractivity contribution in [1.29, 1.82) is 0 Å². The fraction of sp³-hybridized carbons (Fsp3) is 0.667. The molecule has 102 valence electrons. The molecule has 3 heteroatoms. The smallest absolute Gasteiger partial charge is 0.0600 e. The zero-order chi connectivity index (χ0) is 13.4. The van der Waals surface area contributed by atoms with Crippen molar-refractivity contribution >= 4 is 5.69 Å². The van der Waals surface area contributed by atoms with Crippen LogP contribution >= 0.6 is 0 Å². The van der Waals surface area contributed by atoms with E-state index in [-0.39, 0.29) is 0 Å². The van der Waals surface area contributed by atoms with E-state index in [0.717, 1.165) is 26.1 Å². The van der Waals surface area contributed by atoms with Crippen molar-refractivity contribution in [1.82, 2.24) is 10.3 Å². The Bertz CT molecular complexity index is 336. The first kappa shape index (κ1) is 15.0. The Labute approximate surface area is 112 Å². The zero-order valence-electron chi connectivity index (χ0n) is 12.2. The number of nitrogens with one attached hydrogen (secondary N) is 1. The molecule has 1 N–H and O–H groups in total. The molecule has 0 radical (unpaired) electrons. The van der Waals surface area contributed by atoms with Gasteiger partial charge in [0.25, 0.3) is 0 Å². The number of aromatic nitrogens is 1. The first-order chi connectivity index (χ1) is 8.70. The van der Waals surface area contributed by atoms with E-state index in [1.54, 1.807) is 0 Å². The molecule has 0 atom stereocenters. The fourth-order valence-electron chi connectivity index (χ4n) is 2.12. The molecule has 0 unspecified atom stereocenters. The topological polar surface area (TPSA) is 28.2 Å². The summed E-state index contributed by atoms with van der Waals surface area (Å²) in [4.78, 5) is 6.73. The van der Waals surface area contributed by atoms with Gasteiger partial charge in [-0.05, 0) is 44.9 Å². The SMILES string of the molecule is CCCNCc1ccncc1N(CCC)C(C)C. The van der Waals surface area contributed by atoms with Gasteiger partial charge in [-0.1, -0.05) is 13.8 Å². The number of hydrogen-bond donors (Lipinski definition) is 1. The molecule has 0 aliphatic carbocycles. The van der Waals surface area contributed by atoms with E-state index >= 15 is 0 Å². The van der Waals surface area contributed by atoms with Gasteiger partial charge in [-0.15, -0.1) is 0 Å². The standard InChI is InChI=1S/C15H27N3/c1-5-8-16-11-14-7-9-17-12-15(14)18(10-6-2)13(3)4/h7,9,12-13,16H,5-6,8,10-11H2,1-4H3. The summed E-state index contributed by atoms with van der Waals surface area (Å²) in [7, 11) is 0. The normalized spacial score (nSPS) is 10.9. The van der Waals surface area contributed by atoms with E-state index in [4.69, 9.17) is 0 Å². The molecular formula is C15H27N3. The van der Waals surface area contributed by atoms with Gasteiger partial charge in [0, 0.05) is 25.3 Å². The van der Waals surface area contributed by atoms with Gasteiger partial charge in [-0.2, -0.15) is 0 Å². The van der Waals surface area contributed by atoms with Crippen LogP contribution < -0.4 is 10.2 Å². The Morgan fingerprint density at radius 3 is 2.67 bits per heavy atom. The zero-order valence-corrected chi connectivity index (χ0v) is 12.2. The average molecular weight is 249 g/mol. The van der Waals surface area contributed by atoms with Gasteiger partial charge in [0.2, 0.25) is 0 Å². The molecule has 0 fully saturated rings. The van der Waals surface area contributed by atoms with Crippen molar-refractivity contribution in [3.63, 3.8) is 0 Å². The third kappa shape index (κ3) is 4.30. The molecule has 0 saturated heterocycles. The summed E-state index contributed by atoms with van der Waals surface area (Å²) in [5, 5.41) is 3.47. The van der Waals surface area contributed by atoms with Gasteiger partial charge in [-0.25, -0.2) is 0 Å². The highest BCUT2D eigenvalue weighted by Gasteiger charge is 2.13. The second-order valence-electron chi connectivity index (χ2n) is 4.97. The Hall–Kier alpha value is -1.09. The van der Waals surface area contributed by atoms with Crippen LogP contribution in [0.4, 0.5) is 5.69 Å². The van der Waals surface area contributed by atoms with Crippen LogP contribution in [-0.2, 0) is 6.54 Å². The van der Waals surface area contributed by atoms with E-state index in [2.05, 4.69) is 49.0 Å². The quantitative estimate of drug-likeness (QED) is 0.717. The maximum atomic E-state index is 4.29. The van der Waals surface area contributed by atoms with Gasteiger partial charge in [-0.3, -0.25) is 4.98 Å². The summed E-state index contributed by atoms with van der Waals surface area (Å²) >= 11 is 0. The van der Waals surface area contributed by atoms with Crippen LogP contribution in [-0.4, -0.2) is 24.1 Å². The Kier molecular flexibility index (Phi) is 6.73. The molecule has 1 rings (SSSR count). The summed E-state index contributed by atoms with van der Waals surface area (Å²) in [6, 6.07) is 2.64. The summed E-state index contributed by atoms with van der Waals surface area (Å²) in [5.41, 5.74) is 2.62. The Morgan fingerprint density at radius 1 is 1.28 bits per heavy atom. The molecule has 0 aliphatic heterocycles. The molecule has 1 heterocycles. The van der Waals surface area contributed by atoms with Crippen molar-refractivity contribution in [3.05, 3.63) is 24.0 Å².